The van der Waals surface area contributed by atoms with E-state index in [4.69, 9.17) is 0 Å². The van der Waals surface area contributed by atoms with Crippen LogP contribution in [-0.4, -0.2) is 47.8 Å². The first kappa shape index (κ1) is 17.5. The number of carbonyl (C=O) groups excluding carboxylic acids is 2. The number of halogens is 1. The first-order chi connectivity index (χ1) is 11.6. The second-order valence-electron chi connectivity index (χ2n) is 6.82. The van der Waals surface area contributed by atoms with Crippen LogP contribution in [0.25, 0.3) is 0 Å². The number of hydrogen-bond donors (Lipinski definition) is 0. The van der Waals surface area contributed by atoms with Gasteiger partial charge in [-0.05, 0) is 37.5 Å². The zero-order valence-electron chi connectivity index (χ0n) is 14.0. The molecule has 1 saturated heterocycles. The molecule has 0 bridgehead atoms. The number of nitrogens with zero attached hydrogens (tertiary/aromatic N) is 2. The monoisotopic (exact) mass is 392 g/mol. The van der Waals surface area contributed by atoms with Gasteiger partial charge in [0.15, 0.2) is 0 Å². The lowest BCUT2D eigenvalue weighted by Gasteiger charge is -2.28. The van der Waals surface area contributed by atoms with E-state index < -0.39 is 0 Å². The first-order valence-electron chi connectivity index (χ1n) is 8.99. The molecule has 0 unspecified atom stereocenters. The quantitative estimate of drug-likeness (QED) is 0.769. The van der Waals surface area contributed by atoms with Gasteiger partial charge in [-0.3, -0.25) is 9.59 Å². The Morgan fingerprint density at radius 2 is 1.62 bits per heavy atom. The summed E-state index contributed by atoms with van der Waals surface area (Å²) in [5.74, 6) is 0.584. The van der Waals surface area contributed by atoms with Crippen molar-refractivity contribution in [3.63, 3.8) is 0 Å². The van der Waals surface area contributed by atoms with Crippen molar-refractivity contribution >= 4 is 27.7 Å². The molecule has 0 atom stereocenters. The molecule has 1 aliphatic carbocycles. The van der Waals surface area contributed by atoms with Crippen molar-refractivity contribution in [3.05, 3.63) is 34.3 Å². The van der Waals surface area contributed by atoms with Gasteiger partial charge in [-0.2, -0.15) is 0 Å². The van der Waals surface area contributed by atoms with Crippen molar-refractivity contribution in [2.45, 2.75) is 38.5 Å². The summed E-state index contributed by atoms with van der Waals surface area (Å²) in [5.41, 5.74) is 0.705. The van der Waals surface area contributed by atoms with Crippen LogP contribution in [0.4, 0.5) is 0 Å². The van der Waals surface area contributed by atoms with Gasteiger partial charge in [0.25, 0.3) is 5.91 Å². The van der Waals surface area contributed by atoms with Crippen LogP contribution in [0.5, 0.6) is 0 Å². The molecule has 2 aliphatic rings. The summed E-state index contributed by atoms with van der Waals surface area (Å²) in [6, 6.07) is 7.51. The Balaban J connectivity index is 1.60. The highest BCUT2D eigenvalue weighted by atomic mass is 79.9. The molecule has 2 fully saturated rings. The van der Waals surface area contributed by atoms with Crippen molar-refractivity contribution in [1.82, 2.24) is 9.80 Å². The van der Waals surface area contributed by atoms with E-state index in [0.717, 1.165) is 36.8 Å². The van der Waals surface area contributed by atoms with Crippen molar-refractivity contribution in [2.24, 2.45) is 5.92 Å². The molecule has 1 saturated carbocycles. The van der Waals surface area contributed by atoms with E-state index in [-0.39, 0.29) is 11.8 Å². The van der Waals surface area contributed by atoms with Gasteiger partial charge in [-0.1, -0.05) is 41.3 Å². The van der Waals surface area contributed by atoms with Crippen LogP contribution in [-0.2, 0) is 4.79 Å². The van der Waals surface area contributed by atoms with Crippen LogP contribution in [0.1, 0.15) is 48.9 Å². The summed E-state index contributed by atoms with van der Waals surface area (Å²) in [5, 5.41) is 0. The molecular formula is C19H25BrN2O2. The van der Waals surface area contributed by atoms with Crippen LogP contribution >= 0.6 is 15.9 Å². The van der Waals surface area contributed by atoms with Gasteiger partial charge in [-0.25, -0.2) is 0 Å². The normalized spacial score (nSPS) is 19.9. The lowest BCUT2D eigenvalue weighted by atomic mass is 9.88. The maximum atomic E-state index is 12.7. The summed E-state index contributed by atoms with van der Waals surface area (Å²) in [6.45, 7) is 2.79. The number of hydrogen-bond acceptors (Lipinski definition) is 2. The summed E-state index contributed by atoms with van der Waals surface area (Å²) >= 11 is 3.42. The Labute approximate surface area is 152 Å². The number of amides is 2. The third kappa shape index (κ3) is 4.18. The SMILES string of the molecule is O=C(c1cccc(Br)c1)N1CCCN(C(=O)C2CCCCC2)CC1. The fourth-order valence-electron chi connectivity index (χ4n) is 3.75. The minimum Gasteiger partial charge on any atom is -0.341 e. The fourth-order valence-corrected chi connectivity index (χ4v) is 4.15. The van der Waals surface area contributed by atoms with Crippen LogP contribution in [0.2, 0.25) is 0 Å². The van der Waals surface area contributed by atoms with Gasteiger partial charge in [0.05, 0.1) is 0 Å². The number of rotatable bonds is 2. The van der Waals surface area contributed by atoms with Gasteiger partial charge in [0, 0.05) is 42.1 Å². The van der Waals surface area contributed by atoms with Gasteiger partial charge in [0.2, 0.25) is 5.91 Å². The zero-order valence-corrected chi connectivity index (χ0v) is 15.6. The largest absolute Gasteiger partial charge is 0.341 e. The van der Waals surface area contributed by atoms with Crippen molar-refractivity contribution in [3.8, 4) is 0 Å². The summed E-state index contributed by atoms with van der Waals surface area (Å²) < 4.78 is 0.914. The van der Waals surface area contributed by atoms with E-state index in [1.807, 2.05) is 34.1 Å². The molecule has 1 aliphatic heterocycles. The van der Waals surface area contributed by atoms with Crippen molar-refractivity contribution < 1.29 is 9.59 Å². The van der Waals surface area contributed by atoms with E-state index in [1.54, 1.807) is 0 Å². The zero-order chi connectivity index (χ0) is 16.9. The lowest BCUT2D eigenvalue weighted by Crippen LogP contribution is -2.40. The van der Waals surface area contributed by atoms with Gasteiger partial charge >= 0.3 is 0 Å². The lowest BCUT2D eigenvalue weighted by molar-refractivity contribution is -0.136. The molecule has 2 amide bonds. The van der Waals surface area contributed by atoms with Gasteiger partial charge in [0.1, 0.15) is 0 Å². The predicted octanol–water partition coefficient (Wildman–Crippen LogP) is 3.70. The van der Waals surface area contributed by atoms with Crippen LogP contribution in [0, 0.1) is 5.92 Å². The molecule has 0 N–H and O–H groups in total. The van der Waals surface area contributed by atoms with E-state index in [0.29, 0.717) is 24.6 Å². The standard InChI is InChI=1S/C19H25BrN2O2/c20-17-9-4-8-16(14-17)19(24)22-11-5-10-21(12-13-22)18(23)15-6-2-1-3-7-15/h4,8-9,14-15H,1-3,5-7,10-13H2. The number of carbonyl (C=O) groups is 2. The maximum Gasteiger partial charge on any atom is 0.253 e. The highest BCUT2D eigenvalue weighted by Crippen LogP contribution is 2.26. The summed E-state index contributed by atoms with van der Waals surface area (Å²) in [4.78, 5) is 29.3. The molecule has 24 heavy (non-hydrogen) atoms. The van der Waals surface area contributed by atoms with E-state index in [2.05, 4.69) is 15.9 Å². The average Bonchev–Trinajstić information content (AvgIpc) is 2.87. The van der Waals surface area contributed by atoms with Gasteiger partial charge < -0.3 is 9.80 Å². The third-order valence-corrected chi connectivity index (χ3v) is 5.61. The van der Waals surface area contributed by atoms with E-state index in [9.17, 15) is 9.59 Å². The molecule has 0 aromatic heterocycles. The first-order valence-corrected chi connectivity index (χ1v) is 9.78. The van der Waals surface area contributed by atoms with Crippen LogP contribution in [0.15, 0.2) is 28.7 Å². The highest BCUT2D eigenvalue weighted by Gasteiger charge is 2.28. The summed E-state index contributed by atoms with van der Waals surface area (Å²) in [7, 11) is 0. The fraction of sp³-hybridized carbons (Fsp3) is 0.579. The molecule has 4 nitrogen and oxygen atoms in total. The Kier molecular flexibility index (Phi) is 5.93. The maximum absolute atomic E-state index is 12.7. The summed E-state index contributed by atoms with van der Waals surface area (Å²) in [6.07, 6.45) is 6.55. The second-order valence-corrected chi connectivity index (χ2v) is 7.73. The topological polar surface area (TPSA) is 40.6 Å². The third-order valence-electron chi connectivity index (χ3n) is 5.12. The minimum absolute atomic E-state index is 0.0586. The smallest absolute Gasteiger partial charge is 0.253 e. The molecule has 3 rings (SSSR count). The van der Waals surface area contributed by atoms with Gasteiger partial charge in [-0.15, -0.1) is 0 Å². The number of benzene rings is 1. The molecule has 0 radical (unpaired) electrons. The second kappa shape index (κ2) is 8.15. The van der Waals surface area contributed by atoms with E-state index in [1.165, 1.54) is 19.3 Å². The molecule has 1 heterocycles. The molecule has 0 spiro atoms. The highest BCUT2D eigenvalue weighted by molar-refractivity contribution is 9.10. The molecular weight excluding hydrogens is 368 g/mol. The Bertz CT molecular complexity index is 599. The van der Waals surface area contributed by atoms with Crippen molar-refractivity contribution in [2.75, 3.05) is 26.2 Å². The van der Waals surface area contributed by atoms with Crippen LogP contribution in [0.3, 0.4) is 0 Å². The Hall–Kier alpha value is -1.36. The predicted molar refractivity (Wildman–Crippen MR) is 97.8 cm³/mol. The minimum atomic E-state index is 0.0586. The van der Waals surface area contributed by atoms with Crippen molar-refractivity contribution in [1.29, 1.82) is 0 Å². The molecule has 1 aromatic carbocycles. The van der Waals surface area contributed by atoms with E-state index >= 15 is 0 Å². The molecule has 130 valence electrons. The van der Waals surface area contributed by atoms with Crippen LogP contribution < -0.4 is 0 Å². The molecule has 5 heteroatoms. The Morgan fingerprint density at radius 1 is 0.917 bits per heavy atom. The molecule has 1 aromatic rings. The Morgan fingerprint density at radius 3 is 2.38 bits per heavy atom. The average molecular weight is 393 g/mol.